The molecule has 1 aromatic heterocycles. The summed E-state index contributed by atoms with van der Waals surface area (Å²) >= 11 is 5.88. The predicted molar refractivity (Wildman–Crippen MR) is 89.4 cm³/mol. The first-order chi connectivity index (χ1) is 11.2. The zero-order valence-corrected chi connectivity index (χ0v) is 13.4. The third-order valence-electron chi connectivity index (χ3n) is 3.16. The number of aromatic nitrogens is 2. The molecule has 0 amide bonds. The lowest BCUT2D eigenvalue weighted by atomic mass is 10.1. The molecular weight excluding hydrogens is 314 g/mol. The van der Waals surface area contributed by atoms with Gasteiger partial charge in [0.2, 0.25) is 5.89 Å². The number of para-hydroxylation sites is 2. The maximum Gasteiger partial charge on any atom is 0.320 e. The summed E-state index contributed by atoms with van der Waals surface area (Å²) in [5.41, 5.74) is 1.84. The SMILES string of the molecule is CCOc1ccccc1Nc1nnc(Cc2ccc(Cl)cc2)o1. The molecule has 23 heavy (non-hydrogen) atoms. The summed E-state index contributed by atoms with van der Waals surface area (Å²) in [5, 5.41) is 11.9. The van der Waals surface area contributed by atoms with E-state index in [-0.39, 0.29) is 0 Å². The Bertz CT molecular complexity index is 772. The van der Waals surface area contributed by atoms with Gasteiger partial charge in [0.15, 0.2) is 0 Å². The van der Waals surface area contributed by atoms with E-state index < -0.39 is 0 Å². The average Bonchev–Trinajstić information content (AvgIpc) is 2.99. The quantitative estimate of drug-likeness (QED) is 0.723. The van der Waals surface area contributed by atoms with Gasteiger partial charge in [-0.1, -0.05) is 41.0 Å². The first kappa shape index (κ1) is 15.4. The average molecular weight is 330 g/mol. The van der Waals surface area contributed by atoms with Crippen LogP contribution in [0.4, 0.5) is 11.7 Å². The maximum absolute atomic E-state index is 5.88. The van der Waals surface area contributed by atoms with Gasteiger partial charge in [-0.15, -0.1) is 5.10 Å². The lowest BCUT2D eigenvalue weighted by Gasteiger charge is -2.09. The van der Waals surface area contributed by atoms with Crippen LogP contribution in [0.3, 0.4) is 0 Å². The Morgan fingerprint density at radius 2 is 1.87 bits per heavy atom. The Balaban J connectivity index is 1.71. The van der Waals surface area contributed by atoms with E-state index >= 15 is 0 Å². The van der Waals surface area contributed by atoms with Crippen molar-refractivity contribution in [3.63, 3.8) is 0 Å². The molecule has 0 bridgehead atoms. The zero-order valence-electron chi connectivity index (χ0n) is 12.6. The maximum atomic E-state index is 5.88. The normalized spacial score (nSPS) is 10.5. The molecule has 3 aromatic rings. The van der Waals surface area contributed by atoms with Crippen LogP contribution in [0.25, 0.3) is 0 Å². The topological polar surface area (TPSA) is 60.2 Å². The van der Waals surface area contributed by atoms with Crippen molar-refractivity contribution in [1.29, 1.82) is 0 Å². The third-order valence-corrected chi connectivity index (χ3v) is 3.42. The minimum atomic E-state index is 0.334. The van der Waals surface area contributed by atoms with E-state index in [1.807, 2.05) is 55.5 Å². The lowest BCUT2D eigenvalue weighted by molar-refractivity contribution is 0.342. The van der Waals surface area contributed by atoms with E-state index in [4.69, 9.17) is 20.8 Å². The van der Waals surface area contributed by atoms with Crippen molar-refractivity contribution in [3.05, 3.63) is 65.0 Å². The Morgan fingerprint density at radius 1 is 1.09 bits per heavy atom. The lowest BCUT2D eigenvalue weighted by Crippen LogP contribution is -1.97. The summed E-state index contributed by atoms with van der Waals surface area (Å²) in [4.78, 5) is 0. The van der Waals surface area contributed by atoms with Gasteiger partial charge in [0, 0.05) is 5.02 Å². The number of ether oxygens (including phenoxy) is 1. The zero-order chi connectivity index (χ0) is 16.1. The third kappa shape index (κ3) is 4.02. The summed E-state index contributed by atoms with van der Waals surface area (Å²) in [7, 11) is 0. The molecule has 5 nitrogen and oxygen atoms in total. The van der Waals surface area contributed by atoms with Gasteiger partial charge in [-0.2, -0.15) is 0 Å². The van der Waals surface area contributed by atoms with Crippen molar-refractivity contribution >= 4 is 23.3 Å². The molecule has 0 spiro atoms. The van der Waals surface area contributed by atoms with Crippen molar-refractivity contribution in [2.75, 3.05) is 11.9 Å². The summed E-state index contributed by atoms with van der Waals surface area (Å²) in [6.07, 6.45) is 0.555. The second-order valence-corrected chi connectivity index (χ2v) is 5.29. The molecule has 0 radical (unpaired) electrons. The molecule has 3 rings (SSSR count). The minimum absolute atomic E-state index is 0.334. The molecule has 1 heterocycles. The number of hydrogen-bond acceptors (Lipinski definition) is 5. The number of halogens is 1. The second kappa shape index (κ2) is 7.15. The number of rotatable bonds is 6. The van der Waals surface area contributed by atoms with Crippen molar-refractivity contribution < 1.29 is 9.15 Å². The monoisotopic (exact) mass is 329 g/mol. The first-order valence-corrected chi connectivity index (χ1v) is 7.68. The van der Waals surface area contributed by atoms with E-state index in [1.165, 1.54) is 0 Å². The summed E-state index contributed by atoms with van der Waals surface area (Å²) < 4.78 is 11.2. The van der Waals surface area contributed by atoms with E-state index in [0.717, 1.165) is 17.0 Å². The number of nitrogens with zero attached hydrogens (tertiary/aromatic N) is 2. The van der Waals surface area contributed by atoms with Crippen LogP contribution in [0.15, 0.2) is 52.9 Å². The first-order valence-electron chi connectivity index (χ1n) is 7.30. The number of benzene rings is 2. The number of hydrogen-bond donors (Lipinski definition) is 1. The molecule has 0 aliphatic heterocycles. The van der Waals surface area contributed by atoms with Crippen LogP contribution in [0.5, 0.6) is 5.75 Å². The van der Waals surface area contributed by atoms with Crippen molar-refractivity contribution in [2.24, 2.45) is 0 Å². The van der Waals surface area contributed by atoms with Gasteiger partial charge < -0.3 is 14.5 Å². The predicted octanol–water partition coefficient (Wildman–Crippen LogP) is 4.46. The highest BCUT2D eigenvalue weighted by Gasteiger charge is 2.09. The number of anilines is 2. The van der Waals surface area contributed by atoms with Crippen LogP contribution in [0, 0.1) is 0 Å². The highest BCUT2D eigenvalue weighted by atomic mass is 35.5. The van der Waals surface area contributed by atoms with Crippen LogP contribution < -0.4 is 10.1 Å². The second-order valence-electron chi connectivity index (χ2n) is 4.86. The van der Waals surface area contributed by atoms with Gasteiger partial charge in [0.1, 0.15) is 5.75 Å². The van der Waals surface area contributed by atoms with Crippen LogP contribution in [0.1, 0.15) is 18.4 Å². The van der Waals surface area contributed by atoms with E-state index in [1.54, 1.807) is 0 Å². The Hall–Kier alpha value is -2.53. The summed E-state index contributed by atoms with van der Waals surface area (Å²) in [5.74, 6) is 1.27. The molecule has 118 valence electrons. The fourth-order valence-electron chi connectivity index (χ4n) is 2.12. The standard InChI is InChI=1S/C17H16ClN3O2/c1-2-22-15-6-4-3-5-14(15)19-17-21-20-16(23-17)11-12-7-9-13(18)10-8-12/h3-10H,2,11H2,1H3,(H,19,21). The van der Waals surface area contributed by atoms with Crippen molar-refractivity contribution in [3.8, 4) is 5.75 Å². The van der Waals surface area contributed by atoms with Crippen LogP contribution in [0.2, 0.25) is 5.02 Å². The van der Waals surface area contributed by atoms with Crippen molar-refractivity contribution in [2.45, 2.75) is 13.3 Å². The van der Waals surface area contributed by atoms with Gasteiger partial charge in [0.05, 0.1) is 18.7 Å². The molecule has 0 saturated carbocycles. The Kier molecular flexibility index (Phi) is 4.78. The summed E-state index contributed by atoms with van der Waals surface area (Å²) in [6.45, 7) is 2.53. The van der Waals surface area contributed by atoms with Gasteiger partial charge in [-0.25, -0.2) is 0 Å². The molecule has 0 atom stereocenters. The molecule has 0 aliphatic rings. The molecule has 0 aliphatic carbocycles. The highest BCUT2D eigenvalue weighted by molar-refractivity contribution is 6.30. The fourth-order valence-corrected chi connectivity index (χ4v) is 2.24. The molecular formula is C17H16ClN3O2. The van der Waals surface area contributed by atoms with Crippen LogP contribution >= 0.6 is 11.6 Å². The van der Waals surface area contributed by atoms with Gasteiger partial charge >= 0.3 is 6.01 Å². The molecule has 0 saturated heterocycles. The fraction of sp³-hybridized carbons (Fsp3) is 0.176. The van der Waals surface area contributed by atoms with E-state index in [0.29, 0.717) is 30.0 Å². The van der Waals surface area contributed by atoms with Gasteiger partial charge in [-0.05, 0) is 36.8 Å². The summed E-state index contributed by atoms with van der Waals surface area (Å²) in [6, 6.07) is 15.5. The largest absolute Gasteiger partial charge is 0.492 e. The molecule has 0 unspecified atom stereocenters. The van der Waals surface area contributed by atoms with Gasteiger partial charge in [0.25, 0.3) is 0 Å². The van der Waals surface area contributed by atoms with Crippen molar-refractivity contribution in [1.82, 2.24) is 10.2 Å². The van der Waals surface area contributed by atoms with E-state index in [2.05, 4.69) is 15.5 Å². The van der Waals surface area contributed by atoms with Gasteiger partial charge in [-0.3, -0.25) is 0 Å². The highest BCUT2D eigenvalue weighted by Crippen LogP contribution is 2.27. The molecule has 6 heteroatoms. The smallest absolute Gasteiger partial charge is 0.320 e. The number of nitrogens with one attached hydrogen (secondary N) is 1. The minimum Gasteiger partial charge on any atom is -0.492 e. The van der Waals surface area contributed by atoms with E-state index in [9.17, 15) is 0 Å². The molecule has 0 fully saturated rings. The Labute approximate surface area is 139 Å². The Morgan fingerprint density at radius 3 is 2.65 bits per heavy atom. The molecule has 2 aromatic carbocycles. The van der Waals surface area contributed by atoms with Crippen LogP contribution in [-0.2, 0) is 6.42 Å². The molecule has 1 N–H and O–H groups in total. The van der Waals surface area contributed by atoms with Crippen LogP contribution in [-0.4, -0.2) is 16.8 Å².